The van der Waals surface area contributed by atoms with E-state index in [4.69, 9.17) is 76.2 Å². The van der Waals surface area contributed by atoms with E-state index >= 15 is 0 Å². The molecule has 116 heavy (non-hydrogen) atoms. The average molecular weight is 1490 g/mol. The number of rotatable bonds is 0. The van der Waals surface area contributed by atoms with Gasteiger partial charge in [-0.05, 0) is 0 Å². The molecule has 0 aliphatic heterocycles. The first-order valence-electron chi connectivity index (χ1n) is 30.0. The molecule has 12 aromatic heterocycles. The molecule has 12 heterocycles. The van der Waals surface area contributed by atoms with Crippen LogP contribution >= 0.6 is 0 Å². The molecule has 0 bridgehead atoms. The smallest absolute Gasteiger partial charge is 0.373 e. The molecule has 0 atom stereocenters. The summed E-state index contributed by atoms with van der Waals surface area (Å²) < 4.78 is 0. The van der Waals surface area contributed by atoms with Crippen LogP contribution in [-0.4, -0.2) is 120 Å². The third kappa shape index (κ3) is 11.5. The molecule has 0 N–H and O–H groups in total. The Bertz CT molecular complexity index is 8110. The molecule has 46 nitrogen and oxygen atoms in total. The van der Waals surface area contributed by atoms with E-state index in [-0.39, 0.29) is 248 Å². The van der Waals surface area contributed by atoms with Gasteiger partial charge in [0.15, 0.2) is 41.2 Å². The monoisotopic (exact) mass is 1490 g/mol. The lowest BCUT2D eigenvalue weighted by molar-refractivity contribution is 1.13. The minimum absolute atomic E-state index is 0.00963. The highest BCUT2D eigenvalue weighted by atomic mass is 15.1. The van der Waals surface area contributed by atoms with Gasteiger partial charge in [0.2, 0.25) is 56.8 Å². The quantitative estimate of drug-likeness (QED) is 0.101. The van der Waals surface area contributed by atoms with Crippen LogP contribution in [0.3, 0.4) is 0 Å². The Kier molecular flexibility index (Phi) is 18.1. The summed E-state index contributed by atoms with van der Waals surface area (Å²) in [6.45, 7) is 73.2. The van der Waals surface area contributed by atoms with Crippen LogP contribution in [0.1, 0.15) is 69.4 Å². The topological polar surface area (TPSA) is 638 Å². The van der Waals surface area contributed by atoms with Crippen molar-refractivity contribution in [2.75, 3.05) is 0 Å². The van der Waals surface area contributed by atoms with Gasteiger partial charge in [0.25, 0.3) is 46.5 Å². The molecule has 0 spiro atoms. The normalized spacial score (nSPS) is 9.88. The van der Waals surface area contributed by atoms with Crippen LogP contribution in [0.2, 0.25) is 0 Å². The largest absolute Gasteiger partial charge is 0.394 e. The fraction of sp³-hybridized carbons (Fsp3) is 0. The number of benzene rings is 4. The van der Waals surface area contributed by atoms with Crippen LogP contribution in [0, 0.1) is 202 Å². The highest BCUT2D eigenvalue weighted by molar-refractivity contribution is 6.29. The van der Waals surface area contributed by atoms with Gasteiger partial charge in [-0.15, -0.1) is 53.0 Å². The number of nitriles is 12. The molecule has 0 radical (unpaired) electrons. The van der Waals surface area contributed by atoms with Gasteiger partial charge in [0.1, 0.15) is 65.1 Å². The Balaban J connectivity index is 0.000000135. The van der Waals surface area contributed by atoms with Crippen molar-refractivity contribution in [1.29, 1.82) is 63.1 Å². The molecule has 4 aromatic carbocycles. The highest BCUT2D eigenvalue weighted by Gasteiger charge is 2.33. The van der Waals surface area contributed by atoms with E-state index in [0.717, 1.165) is 0 Å². The molecular weight excluding hydrogens is 1490 g/mol. The second-order valence-electron chi connectivity index (χ2n) is 21.3. The minimum atomic E-state index is -0.366. The Morgan fingerprint density at radius 1 is 0.181 bits per heavy atom. The Labute approximate surface area is 638 Å². The van der Waals surface area contributed by atoms with Crippen LogP contribution in [-0.2, 0) is 0 Å². The van der Waals surface area contributed by atoms with Crippen molar-refractivity contribution >= 4 is 190 Å². The maximum Gasteiger partial charge on any atom is 0.373 e. The van der Waals surface area contributed by atoms with Gasteiger partial charge in [-0.25, -0.2) is 39.9 Å². The summed E-state index contributed by atoms with van der Waals surface area (Å²) in [5.41, 5.74) is -0.289. The highest BCUT2D eigenvalue weighted by Crippen LogP contribution is 2.45. The van der Waals surface area contributed by atoms with Gasteiger partial charge >= 0.3 is 35.2 Å². The van der Waals surface area contributed by atoms with E-state index in [1.54, 1.807) is 36.4 Å². The summed E-state index contributed by atoms with van der Waals surface area (Å²) in [6, 6.07) is 21.6. The maximum absolute atomic E-state index is 9.60. The van der Waals surface area contributed by atoms with E-state index < -0.39 is 0 Å². The third-order valence-electron chi connectivity index (χ3n) is 15.6. The van der Waals surface area contributed by atoms with Crippen molar-refractivity contribution < 1.29 is 0 Å². The first-order valence-corrected chi connectivity index (χ1v) is 30.0. The molecule has 0 aliphatic rings. The number of aromatic nitrogens is 24. The minimum Gasteiger partial charge on any atom is -0.394 e. The summed E-state index contributed by atoms with van der Waals surface area (Å²) in [5.74, 6) is -5.05. The zero-order valence-corrected chi connectivity index (χ0v) is 55.7. The number of hydrogen-bond donors (Lipinski definition) is 0. The second-order valence-corrected chi connectivity index (χ2v) is 21.3. The van der Waals surface area contributed by atoms with Crippen LogP contribution in [0.15, 0.2) is 12.4 Å². The molecule has 0 fully saturated rings. The maximum atomic E-state index is 9.60. The van der Waals surface area contributed by atoms with Crippen molar-refractivity contribution in [2.45, 2.75) is 0 Å². The van der Waals surface area contributed by atoms with Crippen LogP contribution in [0.4, 0.5) is 58.4 Å². The lowest BCUT2D eigenvalue weighted by atomic mass is 10.0. The number of nitrogens with zero attached hydrogens (tertiary/aromatic N) is 46. The van der Waals surface area contributed by atoms with Gasteiger partial charge in [0.05, 0.1) is 76.2 Å². The van der Waals surface area contributed by atoms with E-state index in [0.29, 0.717) is 10.8 Å². The molecule has 0 saturated carbocycles. The molecule has 0 unspecified atom stereocenters. The predicted octanol–water partition coefficient (Wildman–Crippen LogP) is 10.0. The summed E-state index contributed by atoms with van der Waals surface area (Å²) in [7, 11) is 0. The lowest BCUT2D eigenvalue weighted by Gasteiger charge is -2.09. The standard InChI is InChI=1S/3C18N12.C16H2N10/c1-21-15-9-11(25-7(5-19)27-15)12-10(16(22-2)28-8(6-20)26-12)14-13(9)29-17(23-3)18(24-4)30-14;1-22-16-11-12(26-9(6-21)28-16)10-7(4-19)25-8(5-20)27-13(10)15-14(11)29-17(23-2)18(24-3)30-15;1-23-17-13-15(28-10(6-22)29-17)11-7(3-19)25-9(5-21)27-14(11)12-8(4-20)26-18(24-2)30-16(12)13;1-20-16-23-9(2-17)12-13-7(5-21-10(3-18)24-13)8-6-22-11(4-19)25-14(8)15(12)26-16/h;;;5-6H. The summed E-state index contributed by atoms with van der Waals surface area (Å²) in [6.07, 6.45) is 2.84. The van der Waals surface area contributed by atoms with Crippen LogP contribution < -0.4 is 0 Å². The van der Waals surface area contributed by atoms with Gasteiger partial charge in [-0.3, -0.25) is 0 Å². The molecule has 512 valence electrons. The average Bonchev–Trinajstić information content (AvgIpc) is 0.758. The zero-order chi connectivity index (χ0) is 82.5. The zero-order valence-electron chi connectivity index (χ0n) is 55.7. The number of fused-ring (bicyclic) bond motifs is 24. The first-order chi connectivity index (χ1) is 56.5. The third-order valence-corrected chi connectivity index (χ3v) is 15.6. The van der Waals surface area contributed by atoms with E-state index in [1.165, 1.54) is 12.4 Å². The number of hydrogen-bond acceptors (Lipinski definition) is 36. The van der Waals surface area contributed by atoms with Crippen molar-refractivity contribution in [3.05, 3.63) is 196 Å². The molecule has 0 saturated heterocycles. The molecule has 16 rings (SSSR count). The van der Waals surface area contributed by atoms with E-state index in [2.05, 4.69) is 168 Å². The molecule has 0 aliphatic carbocycles. The van der Waals surface area contributed by atoms with Gasteiger partial charge in [-0.1, -0.05) is 72.5 Å². The van der Waals surface area contributed by atoms with Crippen molar-refractivity contribution in [2.24, 2.45) is 0 Å². The van der Waals surface area contributed by atoms with Crippen LogP contribution in [0.25, 0.3) is 180 Å². The second kappa shape index (κ2) is 29.1. The summed E-state index contributed by atoms with van der Waals surface area (Å²) >= 11 is 0. The van der Waals surface area contributed by atoms with Crippen molar-refractivity contribution in [3.8, 4) is 72.8 Å². The Hall–Kier alpha value is -22.3. The molecule has 16 aromatic rings. The fourth-order valence-corrected chi connectivity index (χ4v) is 11.3. The Morgan fingerprint density at radius 3 is 0.750 bits per heavy atom. The lowest BCUT2D eigenvalue weighted by Crippen LogP contribution is -2.02. The Morgan fingerprint density at radius 2 is 0.405 bits per heavy atom. The van der Waals surface area contributed by atoms with Crippen molar-refractivity contribution in [1.82, 2.24) is 120 Å². The molecule has 0 amide bonds. The predicted molar refractivity (Wildman–Crippen MR) is 382 cm³/mol. The van der Waals surface area contributed by atoms with Gasteiger partial charge in [0, 0.05) is 23.2 Å². The SMILES string of the molecule is [C-]#[N+]c1nc(C#N)c2c3nc(C#N)nc(C#N)c3c3nc(C#N)nc([N+]#[C-])c3c2n1.[C-]#[N+]c1nc(C#N)c2c3nc(C#N)ncc3c3cnc(C#N)nc3c2n1.[C-]#[N+]c1nc2c(nc1[N+]#[C-])c1c([N+]#[C-])nc(C#N)nc1c1nc(C#N)nc([N+]#[C-])c12.[C-]#[N+]c1nc2c3nc(C#N)nc(C#N)c3c3nc(C#N)nc([N+]#[C-])c3c2nc1[N+]#[C-]. The molecule has 46 heteroatoms. The fourth-order valence-electron chi connectivity index (χ4n) is 11.3. The summed E-state index contributed by atoms with van der Waals surface area (Å²) in [4.78, 5) is 129. The van der Waals surface area contributed by atoms with Crippen LogP contribution in [0.5, 0.6) is 0 Å². The van der Waals surface area contributed by atoms with E-state index in [1.807, 2.05) is 36.4 Å². The van der Waals surface area contributed by atoms with Gasteiger partial charge in [-0.2, -0.15) is 83.1 Å². The summed E-state index contributed by atoms with van der Waals surface area (Å²) in [5, 5.41) is 113. The van der Waals surface area contributed by atoms with Crippen molar-refractivity contribution in [3.63, 3.8) is 0 Å². The van der Waals surface area contributed by atoms with E-state index in [9.17, 15) is 52.6 Å². The van der Waals surface area contributed by atoms with Gasteiger partial charge < -0.3 is 48.5 Å². The molecular formula is C70H2N46. The first kappa shape index (κ1) is 72.1.